The summed E-state index contributed by atoms with van der Waals surface area (Å²) in [4.78, 5) is 20.9. The lowest BCUT2D eigenvalue weighted by atomic mass is 10.2. The maximum atomic E-state index is 12.2. The van der Waals surface area contributed by atoms with Crippen molar-refractivity contribution in [3.8, 4) is 22.8 Å². The second-order valence-corrected chi connectivity index (χ2v) is 7.43. The van der Waals surface area contributed by atoms with Gasteiger partial charge in [0, 0.05) is 17.1 Å². The Hall–Kier alpha value is -3.24. The van der Waals surface area contributed by atoms with Gasteiger partial charge < -0.3 is 11.2 Å². The van der Waals surface area contributed by atoms with E-state index in [-0.39, 0.29) is 11.7 Å². The van der Waals surface area contributed by atoms with E-state index in [0.717, 1.165) is 11.3 Å². The Morgan fingerprint density at radius 1 is 1.11 bits per heavy atom. The third-order valence-electron chi connectivity index (χ3n) is 3.71. The lowest BCUT2D eigenvalue weighted by molar-refractivity contribution is -0.113. The predicted molar refractivity (Wildman–Crippen MR) is 110 cm³/mol. The number of nitrogen functional groups attached to an aromatic ring is 1. The highest BCUT2D eigenvalue weighted by Crippen LogP contribution is 2.25. The molecule has 0 aliphatic rings. The van der Waals surface area contributed by atoms with E-state index in [2.05, 4.69) is 25.5 Å². The number of hydrogen-bond acceptors (Lipinski definition) is 8. The Kier molecular flexibility index (Phi) is 5.31. The molecular weight excluding hydrogens is 394 g/mol. The number of carbonyl (C=O) groups excluding carboxylic acids is 1. The number of pyridine rings is 1. The molecule has 0 atom stereocenters. The van der Waals surface area contributed by atoms with Crippen LogP contribution in [0.3, 0.4) is 0 Å². The quantitative estimate of drug-likeness (QED) is 0.372. The van der Waals surface area contributed by atoms with Gasteiger partial charge in [-0.1, -0.05) is 48.2 Å². The van der Waals surface area contributed by atoms with Crippen LogP contribution < -0.4 is 11.2 Å². The fourth-order valence-electron chi connectivity index (χ4n) is 2.40. The number of hydrogen-bond donors (Lipinski definition) is 2. The zero-order valence-electron chi connectivity index (χ0n) is 14.5. The van der Waals surface area contributed by atoms with Crippen LogP contribution in [0.4, 0.5) is 5.13 Å². The Morgan fingerprint density at radius 2 is 1.93 bits per heavy atom. The lowest BCUT2D eigenvalue weighted by Gasteiger charge is -2.03. The molecule has 0 radical (unpaired) electrons. The minimum Gasteiger partial charge on any atom is -0.335 e. The van der Waals surface area contributed by atoms with Crippen molar-refractivity contribution in [2.24, 2.45) is 0 Å². The zero-order chi connectivity index (χ0) is 19.3. The average Bonchev–Trinajstić information content (AvgIpc) is 3.34. The Morgan fingerprint density at radius 3 is 2.71 bits per heavy atom. The molecule has 10 heteroatoms. The van der Waals surface area contributed by atoms with Crippen LogP contribution in [-0.4, -0.2) is 36.5 Å². The van der Waals surface area contributed by atoms with E-state index < -0.39 is 0 Å². The second-order valence-electron chi connectivity index (χ2n) is 5.63. The maximum Gasteiger partial charge on any atom is 0.236 e. The molecule has 0 fully saturated rings. The van der Waals surface area contributed by atoms with Gasteiger partial charge >= 0.3 is 0 Å². The highest BCUT2D eigenvalue weighted by Gasteiger charge is 2.15. The first-order chi connectivity index (χ1) is 13.7. The molecule has 3 heterocycles. The largest absolute Gasteiger partial charge is 0.335 e. The number of thioether (sulfide) groups is 1. The van der Waals surface area contributed by atoms with Crippen molar-refractivity contribution in [1.82, 2.24) is 24.8 Å². The molecule has 140 valence electrons. The molecule has 1 amide bonds. The molecule has 28 heavy (non-hydrogen) atoms. The third kappa shape index (κ3) is 4.02. The molecule has 0 unspecified atom stereocenters. The molecule has 0 saturated carbocycles. The van der Waals surface area contributed by atoms with Crippen molar-refractivity contribution in [2.45, 2.75) is 5.16 Å². The third-order valence-corrected chi connectivity index (χ3v) is 5.41. The number of thiazole rings is 1. The number of nitrogens with zero attached hydrogens (tertiary/aromatic N) is 5. The monoisotopic (exact) mass is 409 g/mol. The Balaban J connectivity index is 1.37. The number of aromatic nitrogens is 5. The van der Waals surface area contributed by atoms with Crippen LogP contribution in [0.5, 0.6) is 0 Å². The van der Waals surface area contributed by atoms with Crippen molar-refractivity contribution in [3.05, 3.63) is 60.1 Å². The predicted octanol–water partition coefficient (Wildman–Crippen LogP) is 2.91. The smallest absolute Gasteiger partial charge is 0.236 e. The Bertz CT molecular complexity index is 1080. The maximum absolute atomic E-state index is 12.2. The lowest BCUT2D eigenvalue weighted by Crippen LogP contribution is -2.16. The summed E-state index contributed by atoms with van der Waals surface area (Å²) in [5, 5.41) is 13.8. The molecule has 0 spiro atoms. The van der Waals surface area contributed by atoms with E-state index in [9.17, 15) is 4.79 Å². The highest BCUT2D eigenvalue weighted by atomic mass is 32.2. The van der Waals surface area contributed by atoms with Gasteiger partial charge in [-0.05, 0) is 12.1 Å². The van der Waals surface area contributed by atoms with Gasteiger partial charge in [-0.25, -0.2) is 9.66 Å². The van der Waals surface area contributed by atoms with Crippen LogP contribution in [0.25, 0.3) is 22.8 Å². The van der Waals surface area contributed by atoms with Crippen LogP contribution >= 0.6 is 23.1 Å². The van der Waals surface area contributed by atoms with Crippen molar-refractivity contribution < 1.29 is 4.79 Å². The molecule has 3 N–H and O–H groups in total. The summed E-state index contributed by atoms with van der Waals surface area (Å²) in [6.45, 7) is 0. The first-order valence-electron chi connectivity index (χ1n) is 8.26. The summed E-state index contributed by atoms with van der Waals surface area (Å²) >= 11 is 2.57. The van der Waals surface area contributed by atoms with Gasteiger partial charge in [0.25, 0.3) is 0 Å². The van der Waals surface area contributed by atoms with E-state index in [1.54, 1.807) is 12.3 Å². The zero-order valence-corrected chi connectivity index (χ0v) is 16.2. The molecule has 4 aromatic rings. The van der Waals surface area contributed by atoms with Crippen LogP contribution in [0, 0.1) is 0 Å². The van der Waals surface area contributed by atoms with E-state index in [4.69, 9.17) is 5.84 Å². The standard InChI is InChI=1S/C18H15N7OS2/c19-25-16(13-8-4-5-9-20-13)23-24-18(25)28-11-15(26)22-17-21-14(10-27-17)12-6-2-1-3-7-12/h1-10H,11,19H2,(H,21,22,26). The topological polar surface area (TPSA) is 112 Å². The first-order valence-corrected chi connectivity index (χ1v) is 10.1. The molecule has 1 aromatic carbocycles. The Labute approximate surface area is 168 Å². The summed E-state index contributed by atoms with van der Waals surface area (Å²) < 4.78 is 1.33. The fraction of sp³-hybridized carbons (Fsp3) is 0.0556. The molecule has 4 rings (SSSR count). The highest BCUT2D eigenvalue weighted by molar-refractivity contribution is 7.99. The van der Waals surface area contributed by atoms with Crippen molar-refractivity contribution in [1.29, 1.82) is 0 Å². The molecule has 3 aromatic heterocycles. The van der Waals surface area contributed by atoms with Gasteiger partial charge in [-0.15, -0.1) is 21.5 Å². The van der Waals surface area contributed by atoms with E-state index >= 15 is 0 Å². The number of nitrogens with one attached hydrogen (secondary N) is 1. The number of rotatable bonds is 6. The summed E-state index contributed by atoms with van der Waals surface area (Å²) in [5.41, 5.74) is 2.45. The summed E-state index contributed by atoms with van der Waals surface area (Å²) in [6.07, 6.45) is 1.65. The van der Waals surface area contributed by atoms with Crippen LogP contribution in [0.2, 0.25) is 0 Å². The van der Waals surface area contributed by atoms with Gasteiger partial charge in [-0.2, -0.15) is 0 Å². The number of benzene rings is 1. The molecular formula is C18H15N7OS2. The van der Waals surface area contributed by atoms with Gasteiger partial charge in [0.2, 0.25) is 16.9 Å². The average molecular weight is 410 g/mol. The summed E-state index contributed by atoms with van der Waals surface area (Å²) in [7, 11) is 0. The van der Waals surface area contributed by atoms with Crippen molar-refractivity contribution >= 4 is 34.1 Å². The number of carbonyl (C=O) groups is 1. The number of anilines is 1. The minimum atomic E-state index is -0.193. The molecule has 0 bridgehead atoms. The number of nitrogens with two attached hydrogens (primary N) is 1. The molecule has 0 aliphatic heterocycles. The van der Waals surface area contributed by atoms with Gasteiger partial charge in [-0.3, -0.25) is 9.78 Å². The van der Waals surface area contributed by atoms with Crippen molar-refractivity contribution in [3.63, 3.8) is 0 Å². The number of amides is 1. The summed E-state index contributed by atoms with van der Waals surface area (Å²) in [5.74, 6) is 6.41. The SMILES string of the molecule is Nn1c(SCC(=O)Nc2nc(-c3ccccc3)cs2)nnc1-c1ccccn1. The van der Waals surface area contributed by atoms with Gasteiger partial charge in [0.1, 0.15) is 5.69 Å². The molecule has 0 aliphatic carbocycles. The summed E-state index contributed by atoms with van der Waals surface area (Å²) in [6, 6.07) is 15.2. The molecule has 8 nitrogen and oxygen atoms in total. The fourth-order valence-corrected chi connectivity index (χ4v) is 3.80. The van der Waals surface area contributed by atoms with E-state index in [1.807, 2.05) is 47.8 Å². The first kappa shape index (κ1) is 18.1. The van der Waals surface area contributed by atoms with Crippen LogP contribution in [0.15, 0.2) is 65.3 Å². The van der Waals surface area contributed by atoms with E-state index in [0.29, 0.717) is 21.8 Å². The van der Waals surface area contributed by atoms with Crippen molar-refractivity contribution in [2.75, 3.05) is 16.9 Å². The van der Waals surface area contributed by atoms with Crippen LogP contribution in [-0.2, 0) is 4.79 Å². The van der Waals surface area contributed by atoms with E-state index in [1.165, 1.54) is 27.8 Å². The van der Waals surface area contributed by atoms with Gasteiger partial charge in [0.15, 0.2) is 5.13 Å². The van der Waals surface area contributed by atoms with Gasteiger partial charge in [0.05, 0.1) is 11.4 Å². The van der Waals surface area contributed by atoms with Crippen LogP contribution in [0.1, 0.15) is 0 Å². The normalized spacial score (nSPS) is 10.7. The second kappa shape index (κ2) is 8.19. The molecule has 0 saturated heterocycles. The minimum absolute atomic E-state index is 0.137.